The summed E-state index contributed by atoms with van der Waals surface area (Å²) in [5.74, 6) is -0.188. The Morgan fingerprint density at radius 2 is 1.63 bits per heavy atom. The van der Waals surface area contributed by atoms with Crippen LogP contribution in [0.4, 0.5) is 4.39 Å². The van der Waals surface area contributed by atoms with E-state index in [0.717, 1.165) is 18.5 Å². The number of rotatable bonds is 5. The summed E-state index contributed by atoms with van der Waals surface area (Å²) in [5, 5.41) is 3.49. The average Bonchev–Trinajstić information content (AvgIpc) is 2.45. The average molecular weight is 257 g/mol. The summed E-state index contributed by atoms with van der Waals surface area (Å²) < 4.78 is 12.9. The standard InChI is InChI=1S/C17H20FN/c1-3-14-6-4-5-7-16(14)12-19-13(2)15-8-10-17(18)11-9-15/h4-11,13,19H,3,12H2,1-2H3/t13-/m0/s1. The molecule has 0 aliphatic heterocycles. The lowest BCUT2D eigenvalue weighted by Gasteiger charge is -2.16. The predicted octanol–water partition coefficient (Wildman–Crippen LogP) is 4.24. The molecule has 0 aromatic heterocycles. The third kappa shape index (κ3) is 3.65. The highest BCUT2D eigenvalue weighted by Gasteiger charge is 2.06. The lowest BCUT2D eigenvalue weighted by Crippen LogP contribution is -2.18. The van der Waals surface area contributed by atoms with Crippen LogP contribution in [0.2, 0.25) is 0 Å². The molecular weight excluding hydrogens is 237 g/mol. The van der Waals surface area contributed by atoms with Crippen molar-refractivity contribution in [1.82, 2.24) is 5.32 Å². The Morgan fingerprint density at radius 3 is 2.26 bits per heavy atom. The van der Waals surface area contributed by atoms with Crippen molar-refractivity contribution in [3.63, 3.8) is 0 Å². The molecule has 0 aliphatic rings. The van der Waals surface area contributed by atoms with Gasteiger partial charge in [0, 0.05) is 12.6 Å². The first-order valence-electron chi connectivity index (χ1n) is 6.76. The summed E-state index contributed by atoms with van der Waals surface area (Å²) in [6.45, 7) is 5.10. The number of benzene rings is 2. The van der Waals surface area contributed by atoms with Gasteiger partial charge in [-0.3, -0.25) is 0 Å². The molecule has 2 heteroatoms. The van der Waals surface area contributed by atoms with E-state index in [1.807, 2.05) is 12.1 Å². The highest BCUT2D eigenvalue weighted by molar-refractivity contribution is 5.27. The van der Waals surface area contributed by atoms with Gasteiger partial charge in [0.15, 0.2) is 0 Å². The second kappa shape index (κ2) is 6.48. The van der Waals surface area contributed by atoms with E-state index in [9.17, 15) is 4.39 Å². The molecule has 0 unspecified atom stereocenters. The molecule has 0 heterocycles. The van der Waals surface area contributed by atoms with Crippen molar-refractivity contribution < 1.29 is 4.39 Å². The van der Waals surface area contributed by atoms with Crippen LogP contribution < -0.4 is 5.32 Å². The molecule has 0 radical (unpaired) electrons. The fourth-order valence-electron chi connectivity index (χ4n) is 2.21. The molecule has 0 saturated carbocycles. The van der Waals surface area contributed by atoms with Crippen molar-refractivity contribution in [2.45, 2.75) is 32.9 Å². The van der Waals surface area contributed by atoms with Crippen LogP contribution in [0, 0.1) is 5.82 Å². The Hall–Kier alpha value is -1.67. The molecule has 0 saturated heterocycles. The fraction of sp³-hybridized carbons (Fsp3) is 0.294. The van der Waals surface area contributed by atoms with Gasteiger partial charge in [-0.25, -0.2) is 4.39 Å². The summed E-state index contributed by atoms with van der Waals surface area (Å²) in [6.07, 6.45) is 1.04. The number of hydrogen-bond acceptors (Lipinski definition) is 1. The van der Waals surface area contributed by atoms with Crippen LogP contribution in [-0.4, -0.2) is 0 Å². The maximum Gasteiger partial charge on any atom is 0.123 e. The van der Waals surface area contributed by atoms with E-state index in [2.05, 4.69) is 43.4 Å². The molecular formula is C17H20FN. The summed E-state index contributed by atoms with van der Waals surface area (Å²) in [6, 6.07) is 15.4. The van der Waals surface area contributed by atoms with Crippen molar-refractivity contribution in [3.8, 4) is 0 Å². The second-order valence-electron chi connectivity index (χ2n) is 4.78. The second-order valence-corrected chi connectivity index (χ2v) is 4.78. The van der Waals surface area contributed by atoms with E-state index in [0.29, 0.717) is 0 Å². The van der Waals surface area contributed by atoms with Gasteiger partial charge in [0.2, 0.25) is 0 Å². The minimum Gasteiger partial charge on any atom is -0.306 e. The zero-order chi connectivity index (χ0) is 13.7. The lowest BCUT2D eigenvalue weighted by atomic mass is 10.0. The molecule has 2 rings (SSSR count). The quantitative estimate of drug-likeness (QED) is 0.844. The predicted molar refractivity (Wildman–Crippen MR) is 77.5 cm³/mol. The molecule has 100 valence electrons. The SMILES string of the molecule is CCc1ccccc1CN[C@@H](C)c1ccc(F)cc1. The first kappa shape index (κ1) is 13.8. The van der Waals surface area contributed by atoms with Crippen LogP contribution in [-0.2, 0) is 13.0 Å². The number of aryl methyl sites for hydroxylation is 1. The Morgan fingerprint density at radius 1 is 1.00 bits per heavy atom. The highest BCUT2D eigenvalue weighted by atomic mass is 19.1. The van der Waals surface area contributed by atoms with Crippen LogP contribution in [0.25, 0.3) is 0 Å². The molecule has 2 aromatic rings. The van der Waals surface area contributed by atoms with Crippen LogP contribution in [0.1, 0.15) is 36.6 Å². The van der Waals surface area contributed by atoms with E-state index in [4.69, 9.17) is 0 Å². The molecule has 1 atom stereocenters. The van der Waals surface area contributed by atoms with E-state index >= 15 is 0 Å². The molecule has 0 bridgehead atoms. The van der Waals surface area contributed by atoms with Gasteiger partial charge in [0.05, 0.1) is 0 Å². The molecule has 0 spiro atoms. The van der Waals surface area contributed by atoms with Crippen LogP contribution in [0.15, 0.2) is 48.5 Å². The summed E-state index contributed by atoms with van der Waals surface area (Å²) in [5.41, 5.74) is 3.82. The highest BCUT2D eigenvalue weighted by Crippen LogP contribution is 2.15. The zero-order valence-electron chi connectivity index (χ0n) is 11.5. The van der Waals surface area contributed by atoms with Crippen LogP contribution in [0.3, 0.4) is 0 Å². The Balaban J connectivity index is 2.00. The number of hydrogen-bond donors (Lipinski definition) is 1. The van der Waals surface area contributed by atoms with Gasteiger partial charge in [-0.15, -0.1) is 0 Å². The first-order chi connectivity index (χ1) is 9.20. The Bertz CT molecular complexity index is 519. The summed E-state index contributed by atoms with van der Waals surface area (Å²) >= 11 is 0. The van der Waals surface area contributed by atoms with Gasteiger partial charge in [-0.05, 0) is 42.2 Å². The van der Waals surface area contributed by atoms with E-state index in [-0.39, 0.29) is 11.9 Å². The largest absolute Gasteiger partial charge is 0.306 e. The monoisotopic (exact) mass is 257 g/mol. The lowest BCUT2D eigenvalue weighted by molar-refractivity contribution is 0.569. The van der Waals surface area contributed by atoms with Crippen LogP contribution in [0.5, 0.6) is 0 Å². The number of halogens is 1. The summed E-state index contributed by atoms with van der Waals surface area (Å²) in [7, 11) is 0. The van der Waals surface area contributed by atoms with Gasteiger partial charge in [-0.1, -0.05) is 43.3 Å². The molecule has 19 heavy (non-hydrogen) atoms. The molecule has 2 aromatic carbocycles. The van der Waals surface area contributed by atoms with Gasteiger partial charge in [0.25, 0.3) is 0 Å². The molecule has 1 nitrogen and oxygen atoms in total. The van der Waals surface area contributed by atoms with E-state index in [1.54, 1.807) is 0 Å². The summed E-state index contributed by atoms with van der Waals surface area (Å²) in [4.78, 5) is 0. The third-order valence-electron chi connectivity index (χ3n) is 3.47. The zero-order valence-corrected chi connectivity index (χ0v) is 11.5. The number of nitrogens with one attached hydrogen (secondary N) is 1. The van der Waals surface area contributed by atoms with Crippen molar-refractivity contribution in [1.29, 1.82) is 0 Å². The van der Waals surface area contributed by atoms with E-state index in [1.165, 1.54) is 23.3 Å². The fourth-order valence-corrected chi connectivity index (χ4v) is 2.21. The van der Waals surface area contributed by atoms with Crippen molar-refractivity contribution in [3.05, 3.63) is 71.0 Å². The Labute approximate surface area is 114 Å². The maximum atomic E-state index is 12.9. The van der Waals surface area contributed by atoms with E-state index < -0.39 is 0 Å². The van der Waals surface area contributed by atoms with Gasteiger partial charge >= 0.3 is 0 Å². The van der Waals surface area contributed by atoms with Crippen molar-refractivity contribution in [2.75, 3.05) is 0 Å². The Kier molecular flexibility index (Phi) is 4.69. The molecule has 0 amide bonds. The third-order valence-corrected chi connectivity index (χ3v) is 3.47. The first-order valence-corrected chi connectivity index (χ1v) is 6.76. The molecule has 1 N–H and O–H groups in total. The van der Waals surface area contributed by atoms with Crippen molar-refractivity contribution in [2.24, 2.45) is 0 Å². The van der Waals surface area contributed by atoms with Gasteiger partial charge in [0.1, 0.15) is 5.82 Å². The van der Waals surface area contributed by atoms with Crippen molar-refractivity contribution >= 4 is 0 Å². The smallest absolute Gasteiger partial charge is 0.123 e. The molecule has 0 aliphatic carbocycles. The normalized spacial score (nSPS) is 12.4. The van der Waals surface area contributed by atoms with Crippen LogP contribution >= 0.6 is 0 Å². The minimum atomic E-state index is -0.188. The molecule has 0 fully saturated rings. The van der Waals surface area contributed by atoms with Gasteiger partial charge < -0.3 is 5.32 Å². The maximum absolute atomic E-state index is 12.9. The topological polar surface area (TPSA) is 12.0 Å². The minimum absolute atomic E-state index is 0.188. The van der Waals surface area contributed by atoms with Gasteiger partial charge in [-0.2, -0.15) is 0 Å².